The van der Waals surface area contributed by atoms with Crippen molar-refractivity contribution in [3.05, 3.63) is 39.6 Å². The molecular formula is C15H12Cl2N2O2. The average molecular weight is 323 g/mol. The zero-order valence-corrected chi connectivity index (χ0v) is 13.2. The Hall–Kier alpha value is -1.78. The van der Waals surface area contributed by atoms with Crippen molar-refractivity contribution in [2.75, 3.05) is 7.11 Å². The summed E-state index contributed by atoms with van der Waals surface area (Å²) in [6.45, 7) is 1.93. The number of esters is 1. The van der Waals surface area contributed by atoms with Crippen molar-refractivity contribution in [1.82, 2.24) is 9.55 Å². The van der Waals surface area contributed by atoms with Crippen LogP contribution >= 0.6 is 23.2 Å². The van der Waals surface area contributed by atoms with Gasteiger partial charge >= 0.3 is 5.97 Å². The second kappa shape index (κ2) is 4.90. The first-order valence-electron chi connectivity index (χ1n) is 6.27. The monoisotopic (exact) mass is 322 g/mol. The lowest BCUT2D eigenvalue weighted by atomic mass is 10.1. The van der Waals surface area contributed by atoms with E-state index in [4.69, 9.17) is 27.9 Å². The molecule has 2 aromatic heterocycles. The predicted molar refractivity (Wildman–Crippen MR) is 84.3 cm³/mol. The minimum Gasteiger partial charge on any atom is -0.464 e. The van der Waals surface area contributed by atoms with Crippen molar-refractivity contribution in [3.8, 4) is 0 Å². The molecule has 0 spiro atoms. The van der Waals surface area contributed by atoms with Crippen LogP contribution in [0.5, 0.6) is 0 Å². The summed E-state index contributed by atoms with van der Waals surface area (Å²) < 4.78 is 6.79. The Balaban J connectivity index is 2.61. The summed E-state index contributed by atoms with van der Waals surface area (Å²) in [7, 11) is 3.25. The molecule has 0 bridgehead atoms. The van der Waals surface area contributed by atoms with Gasteiger partial charge in [0.1, 0.15) is 0 Å². The quantitative estimate of drug-likeness (QED) is 0.633. The van der Waals surface area contributed by atoms with Gasteiger partial charge in [-0.3, -0.25) is 0 Å². The normalized spacial score (nSPS) is 11.3. The number of benzene rings is 1. The van der Waals surface area contributed by atoms with Crippen LogP contribution in [-0.2, 0) is 11.8 Å². The van der Waals surface area contributed by atoms with Crippen LogP contribution in [0.2, 0.25) is 10.0 Å². The van der Waals surface area contributed by atoms with Gasteiger partial charge in [0.05, 0.1) is 28.2 Å². The zero-order chi connectivity index (χ0) is 15.3. The van der Waals surface area contributed by atoms with Crippen LogP contribution in [0.1, 0.15) is 16.1 Å². The number of aryl methyl sites for hydroxylation is 2. The van der Waals surface area contributed by atoms with E-state index in [1.165, 1.54) is 7.11 Å². The van der Waals surface area contributed by atoms with Crippen LogP contribution in [0.15, 0.2) is 18.3 Å². The van der Waals surface area contributed by atoms with Crippen LogP contribution in [0.4, 0.5) is 0 Å². The van der Waals surface area contributed by atoms with Gasteiger partial charge in [-0.15, -0.1) is 0 Å². The molecule has 21 heavy (non-hydrogen) atoms. The molecule has 1 aromatic carbocycles. The highest BCUT2D eigenvalue weighted by Gasteiger charge is 2.21. The third-order valence-electron chi connectivity index (χ3n) is 3.53. The van der Waals surface area contributed by atoms with Crippen molar-refractivity contribution in [2.24, 2.45) is 7.05 Å². The fourth-order valence-corrected chi connectivity index (χ4v) is 3.02. The molecule has 0 aliphatic carbocycles. The Kier molecular flexibility index (Phi) is 3.30. The van der Waals surface area contributed by atoms with E-state index in [1.807, 2.05) is 30.8 Å². The average Bonchev–Trinajstić information content (AvgIpc) is 2.77. The van der Waals surface area contributed by atoms with E-state index in [0.717, 1.165) is 21.9 Å². The molecule has 0 saturated carbocycles. The first kappa shape index (κ1) is 14.2. The number of carbonyl (C=O) groups is 1. The molecule has 2 heterocycles. The first-order chi connectivity index (χ1) is 9.95. The SMILES string of the molecule is COC(=O)c1nc2c(Cl)c(Cl)ccc2c2c1c(C)cn2C. The lowest BCUT2D eigenvalue weighted by molar-refractivity contribution is 0.0597. The topological polar surface area (TPSA) is 44.1 Å². The van der Waals surface area contributed by atoms with Crippen molar-refractivity contribution in [1.29, 1.82) is 0 Å². The van der Waals surface area contributed by atoms with E-state index in [9.17, 15) is 4.79 Å². The number of fused-ring (bicyclic) bond motifs is 3. The van der Waals surface area contributed by atoms with Crippen LogP contribution in [0.25, 0.3) is 21.8 Å². The van der Waals surface area contributed by atoms with Gasteiger partial charge in [-0.25, -0.2) is 9.78 Å². The van der Waals surface area contributed by atoms with Crippen molar-refractivity contribution < 1.29 is 9.53 Å². The van der Waals surface area contributed by atoms with E-state index in [-0.39, 0.29) is 5.69 Å². The third kappa shape index (κ3) is 1.98. The van der Waals surface area contributed by atoms with Gasteiger partial charge in [-0.05, 0) is 24.6 Å². The maximum Gasteiger partial charge on any atom is 0.357 e. The lowest BCUT2D eigenvalue weighted by Gasteiger charge is -2.09. The molecule has 0 amide bonds. The summed E-state index contributed by atoms with van der Waals surface area (Å²) in [5.41, 5.74) is 2.59. The minimum absolute atomic E-state index is 0.252. The third-order valence-corrected chi connectivity index (χ3v) is 4.33. The van der Waals surface area contributed by atoms with E-state index >= 15 is 0 Å². The van der Waals surface area contributed by atoms with Gasteiger partial charge in [-0.2, -0.15) is 0 Å². The van der Waals surface area contributed by atoms with Crippen LogP contribution in [0.3, 0.4) is 0 Å². The Morgan fingerprint density at radius 2 is 2.05 bits per heavy atom. The Morgan fingerprint density at radius 1 is 1.33 bits per heavy atom. The molecule has 6 heteroatoms. The zero-order valence-electron chi connectivity index (χ0n) is 11.7. The number of ether oxygens (including phenoxy) is 1. The van der Waals surface area contributed by atoms with Gasteiger partial charge in [0.2, 0.25) is 0 Å². The number of hydrogen-bond donors (Lipinski definition) is 0. The van der Waals surface area contributed by atoms with Crippen molar-refractivity contribution >= 4 is 51.0 Å². The Morgan fingerprint density at radius 3 is 2.71 bits per heavy atom. The molecule has 0 fully saturated rings. The lowest BCUT2D eigenvalue weighted by Crippen LogP contribution is -2.06. The van der Waals surface area contributed by atoms with Crippen LogP contribution in [-0.4, -0.2) is 22.6 Å². The summed E-state index contributed by atoms with van der Waals surface area (Å²) in [5, 5.41) is 2.36. The molecule has 0 unspecified atom stereocenters. The maximum atomic E-state index is 12.1. The van der Waals surface area contributed by atoms with Crippen molar-refractivity contribution in [2.45, 2.75) is 6.92 Å². The number of halogens is 2. The fourth-order valence-electron chi connectivity index (χ4n) is 2.66. The van der Waals surface area contributed by atoms with Crippen LogP contribution in [0, 0.1) is 6.92 Å². The molecule has 0 aliphatic heterocycles. The number of rotatable bonds is 1. The standard InChI is InChI=1S/C15H12Cl2N2O2/c1-7-6-19(2)14-8-4-5-9(16)11(17)12(8)18-13(10(7)14)15(20)21-3/h4-6H,1-3H3. The highest BCUT2D eigenvalue weighted by atomic mass is 35.5. The number of methoxy groups -OCH3 is 1. The summed E-state index contributed by atoms with van der Waals surface area (Å²) in [4.78, 5) is 16.5. The Bertz CT molecular complexity index is 900. The summed E-state index contributed by atoms with van der Waals surface area (Å²) in [6, 6.07) is 3.59. The second-order valence-electron chi connectivity index (χ2n) is 4.86. The first-order valence-corrected chi connectivity index (χ1v) is 7.03. The molecule has 108 valence electrons. The smallest absolute Gasteiger partial charge is 0.357 e. The van der Waals surface area contributed by atoms with Crippen molar-refractivity contribution in [3.63, 3.8) is 0 Å². The van der Waals surface area contributed by atoms with E-state index in [1.54, 1.807) is 6.07 Å². The highest BCUT2D eigenvalue weighted by Crippen LogP contribution is 2.36. The molecule has 0 radical (unpaired) electrons. The summed E-state index contributed by atoms with van der Waals surface area (Å²) >= 11 is 12.3. The molecule has 0 saturated heterocycles. The number of hydrogen-bond acceptors (Lipinski definition) is 3. The maximum absolute atomic E-state index is 12.1. The Labute approximate surface area is 131 Å². The van der Waals surface area contributed by atoms with Gasteiger partial charge in [0.25, 0.3) is 0 Å². The molecular weight excluding hydrogens is 311 g/mol. The second-order valence-corrected chi connectivity index (χ2v) is 5.64. The van der Waals surface area contributed by atoms with Gasteiger partial charge in [0, 0.05) is 24.0 Å². The largest absolute Gasteiger partial charge is 0.464 e. The number of aromatic nitrogens is 2. The number of nitrogens with zero attached hydrogens (tertiary/aromatic N) is 2. The van der Waals surface area contributed by atoms with Gasteiger partial charge in [0.15, 0.2) is 5.69 Å². The molecule has 0 atom stereocenters. The molecule has 0 aliphatic rings. The van der Waals surface area contributed by atoms with E-state index in [2.05, 4.69) is 4.98 Å². The number of pyridine rings is 1. The molecule has 3 rings (SSSR count). The summed E-state index contributed by atoms with van der Waals surface area (Å²) in [6.07, 6.45) is 1.95. The van der Waals surface area contributed by atoms with Crippen LogP contribution < -0.4 is 0 Å². The molecule has 0 N–H and O–H groups in total. The van der Waals surface area contributed by atoms with Gasteiger partial charge < -0.3 is 9.30 Å². The van der Waals surface area contributed by atoms with Gasteiger partial charge in [-0.1, -0.05) is 23.2 Å². The summed E-state index contributed by atoms with van der Waals surface area (Å²) in [5.74, 6) is -0.493. The van der Waals surface area contributed by atoms with E-state index < -0.39 is 5.97 Å². The number of carbonyl (C=O) groups excluding carboxylic acids is 1. The fraction of sp³-hybridized carbons (Fsp3) is 0.200. The minimum atomic E-state index is -0.493. The van der Waals surface area contributed by atoms with E-state index in [0.29, 0.717) is 15.6 Å². The molecule has 3 aromatic rings. The highest BCUT2D eigenvalue weighted by molar-refractivity contribution is 6.45. The molecule has 4 nitrogen and oxygen atoms in total. The predicted octanol–water partition coefficient (Wildman–Crippen LogP) is 4.13.